The highest BCUT2D eigenvalue weighted by atomic mass is 16.5. The van der Waals surface area contributed by atoms with E-state index in [4.69, 9.17) is 18.9 Å². The molecule has 0 heterocycles. The van der Waals surface area contributed by atoms with Gasteiger partial charge in [0, 0.05) is 32.4 Å². The third-order valence-electron chi connectivity index (χ3n) is 13.8. The SMILES string of the molecule is CC(CC(=O)OCC12CC3CC(CC(C3)C1)C2)Oc1c2ccccc2c(OC(C)CC(=O)OCC23CC4CC(CC(C4)C2)C3)c2ccccc12. The standard InChI is InChI=1S/C44H54O6/c1-27(11-39(45)47-25-43-19-29-13-30(20-43)15-31(14-29)21-43)49-41-35-7-3-5-9-37(35)42(38-10-6-4-8-36(38)41)50-28(2)12-40(46)48-26-44-22-32-16-33(23-44)18-34(17-32)24-44/h3-10,27-34H,11-26H2,1-2H3. The van der Waals surface area contributed by atoms with Gasteiger partial charge in [0.05, 0.1) is 26.1 Å². The van der Waals surface area contributed by atoms with E-state index < -0.39 is 0 Å². The lowest BCUT2D eigenvalue weighted by atomic mass is 9.50. The third-order valence-corrected chi connectivity index (χ3v) is 13.8. The van der Waals surface area contributed by atoms with Crippen LogP contribution in [0.15, 0.2) is 48.5 Å². The maximum atomic E-state index is 13.2. The highest BCUT2D eigenvalue weighted by Gasteiger charge is 2.52. The highest BCUT2D eigenvalue weighted by molar-refractivity contribution is 6.11. The van der Waals surface area contributed by atoms with Crippen LogP contribution in [-0.2, 0) is 19.1 Å². The Hall–Kier alpha value is -3.28. The first kappa shape index (κ1) is 32.6. The summed E-state index contributed by atoms with van der Waals surface area (Å²) >= 11 is 0. The summed E-state index contributed by atoms with van der Waals surface area (Å²) in [4.78, 5) is 26.3. The molecular weight excluding hydrogens is 624 g/mol. The molecule has 0 N–H and O–H groups in total. The summed E-state index contributed by atoms with van der Waals surface area (Å²) < 4.78 is 25.3. The van der Waals surface area contributed by atoms with Gasteiger partial charge in [0.1, 0.15) is 23.7 Å². The first-order valence-corrected chi connectivity index (χ1v) is 19.8. The van der Waals surface area contributed by atoms with Gasteiger partial charge in [-0.25, -0.2) is 0 Å². The molecule has 8 aliphatic rings. The molecule has 0 radical (unpaired) electrons. The first-order valence-electron chi connectivity index (χ1n) is 19.8. The van der Waals surface area contributed by atoms with Gasteiger partial charge in [-0.15, -0.1) is 0 Å². The Kier molecular flexibility index (Phi) is 8.31. The molecule has 3 aromatic carbocycles. The van der Waals surface area contributed by atoms with Crippen LogP contribution in [0, 0.1) is 46.3 Å². The van der Waals surface area contributed by atoms with Gasteiger partial charge >= 0.3 is 11.9 Å². The number of hydrogen-bond donors (Lipinski definition) is 0. The normalized spacial score (nSPS) is 34.5. The minimum absolute atomic E-state index is 0.175. The van der Waals surface area contributed by atoms with Crippen molar-refractivity contribution in [3.05, 3.63) is 48.5 Å². The molecule has 8 fully saturated rings. The Morgan fingerprint density at radius 2 is 0.820 bits per heavy atom. The second-order valence-electron chi connectivity index (χ2n) is 18.2. The van der Waals surface area contributed by atoms with Gasteiger partial charge in [-0.1, -0.05) is 48.5 Å². The quantitative estimate of drug-likeness (QED) is 0.140. The van der Waals surface area contributed by atoms with Crippen LogP contribution in [0.1, 0.15) is 104 Å². The minimum atomic E-state index is -0.361. The molecule has 8 aliphatic carbocycles. The summed E-state index contributed by atoms with van der Waals surface area (Å²) in [5.41, 5.74) is 0.415. The molecule has 2 unspecified atom stereocenters. The van der Waals surface area contributed by atoms with Gasteiger partial charge in [0.15, 0.2) is 0 Å². The molecule has 50 heavy (non-hydrogen) atoms. The molecule has 8 saturated carbocycles. The molecule has 6 nitrogen and oxygen atoms in total. The van der Waals surface area contributed by atoms with Crippen molar-refractivity contribution in [3.8, 4) is 11.5 Å². The number of carbonyl (C=O) groups is 2. The Bertz CT molecular complexity index is 1520. The Labute approximate surface area is 296 Å². The fourth-order valence-corrected chi connectivity index (χ4v) is 12.8. The molecule has 0 aromatic heterocycles. The number of benzene rings is 3. The molecule has 6 heteroatoms. The lowest BCUT2D eigenvalue weighted by molar-refractivity contribution is -0.157. The number of fused-ring (bicyclic) bond motifs is 2. The topological polar surface area (TPSA) is 71.1 Å². The molecule has 3 aromatic rings. The summed E-state index contributed by atoms with van der Waals surface area (Å²) in [6, 6.07) is 16.2. The van der Waals surface area contributed by atoms with Gasteiger partial charge in [0.2, 0.25) is 0 Å². The average molecular weight is 679 g/mol. The van der Waals surface area contributed by atoms with Crippen LogP contribution >= 0.6 is 0 Å². The van der Waals surface area contributed by atoms with Crippen molar-refractivity contribution in [2.75, 3.05) is 13.2 Å². The van der Waals surface area contributed by atoms with Gasteiger partial charge in [-0.2, -0.15) is 0 Å². The number of rotatable bonds is 12. The van der Waals surface area contributed by atoms with Crippen LogP contribution in [0.5, 0.6) is 11.5 Å². The number of esters is 2. The molecule has 11 rings (SSSR count). The molecule has 0 spiro atoms. The van der Waals surface area contributed by atoms with E-state index in [1.54, 1.807) is 0 Å². The number of hydrogen-bond acceptors (Lipinski definition) is 6. The van der Waals surface area contributed by atoms with Crippen molar-refractivity contribution >= 4 is 33.5 Å². The van der Waals surface area contributed by atoms with E-state index in [0.717, 1.165) is 68.6 Å². The fraction of sp³-hybridized carbons (Fsp3) is 0.636. The summed E-state index contributed by atoms with van der Waals surface area (Å²) in [5.74, 6) is 6.16. The zero-order valence-corrected chi connectivity index (χ0v) is 30.0. The van der Waals surface area contributed by atoms with E-state index in [2.05, 4.69) is 0 Å². The molecule has 0 aliphatic heterocycles. The minimum Gasteiger partial charge on any atom is -0.489 e. The van der Waals surface area contributed by atoms with Crippen LogP contribution in [-0.4, -0.2) is 37.4 Å². The summed E-state index contributed by atoms with van der Waals surface area (Å²) in [7, 11) is 0. The fourth-order valence-electron chi connectivity index (χ4n) is 12.8. The second kappa shape index (κ2) is 12.7. The lowest BCUT2D eigenvalue weighted by Gasteiger charge is -2.56. The molecule has 2 atom stereocenters. The van der Waals surface area contributed by atoms with E-state index in [9.17, 15) is 9.59 Å². The van der Waals surface area contributed by atoms with Crippen molar-refractivity contribution in [1.29, 1.82) is 0 Å². The largest absolute Gasteiger partial charge is 0.489 e. The van der Waals surface area contributed by atoms with Crippen molar-refractivity contribution in [2.24, 2.45) is 46.3 Å². The van der Waals surface area contributed by atoms with Crippen LogP contribution in [0.25, 0.3) is 21.5 Å². The monoisotopic (exact) mass is 678 g/mol. The van der Waals surface area contributed by atoms with E-state index in [1.807, 2.05) is 62.4 Å². The van der Waals surface area contributed by atoms with Crippen molar-refractivity contribution in [1.82, 2.24) is 0 Å². The van der Waals surface area contributed by atoms with Gasteiger partial charge in [0.25, 0.3) is 0 Å². The average Bonchev–Trinajstić information content (AvgIpc) is 3.07. The van der Waals surface area contributed by atoms with E-state index in [-0.39, 0.29) is 47.8 Å². The van der Waals surface area contributed by atoms with E-state index in [0.29, 0.717) is 13.2 Å². The van der Waals surface area contributed by atoms with Crippen LogP contribution in [0.4, 0.5) is 0 Å². The third kappa shape index (κ3) is 6.27. The maximum absolute atomic E-state index is 13.2. The van der Waals surface area contributed by atoms with Crippen LogP contribution < -0.4 is 9.47 Å². The smallest absolute Gasteiger partial charge is 0.309 e. The lowest BCUT2D eigenvalue weighted by Crippen LogP contribution is -2.48. The Balaban J connectivity index is 0.863. The van der Waals surface area contributed by atoms with Crippen molar-refractivity contribution < 1.29 is 28.5 Å². The number of ether oxygens (including phenoxy) is 4. The molecule has 8 bridgehead atoms. The summed E-state index contributed by atoms with van der Waals surface area (Å²) in [6.45, 7) is 5.04. The predicted molar refractivity (Wildman–Crippen MR) is 194 cm³/mol. The summed E-state index contributed by atoms with van der Waals surface area (Å²) in [5, 5.41) is 3.69. The Morgan fingerprint density at radius 1 is 0.540 bits per heavy atom. The number of carbonyl (C=O) groups excluding carboxylic acids is 2. The zero-order valence-electron chi connectivity index (χ0n) is 30.0. The molecule has 0 amide bonds. The Morgan fingerprint density at radius 3 is 1.10 bits per heavy atom. The maximum Gasteiger partial charge on any atom is 0.309 e. The van der Waals surface area contributed by atoms with Crippen molar-refractivity contribution in [2.45, 2.75) is 116 Å². The van der Waals surface area contributed by atoms with E-state index in [1.165, 1.54) is 77.0 Å². The predicted octanol–water partition coefficient (Wildman–Crippen LogP) is 9.83. The molecule has 0 saturated heterocycles. The van der Waals surface area contributed by atoms with Crippen LogP contribution in [0.2, 0.25) is 0 Å². The van der Waals surface area contributed by atoms with Crippen molar-refractivity contribution in [3.63, 3.8) is 0 Å². The second-order valence-corrected chi connectivity index (χ2v) is 18.2. The van der Waals surface area contributed by atoms with Crippen LogP contribution in [0.3, 0.4) is 0 Å². The van der Waals surface area contributed by atoms with Gasteiger partial charge in [-0.3, -0.25) is 9.59 Å². The molecule has 266 valence electrons. The zero-order chi connectivity index (χ0) is 34.0. The van der Waals surface area contributed by atoms with Gasteiger partial charge < -0.3 is 18.9 Å². The molecular formula is C44H54O6. The first-order chi connectivity index (χ1) is 24.2. The van der Waals surface area contributed by atoms with E-state index >= 15 is 0 Å². The highest BCUT2D eigenvalue weighted by Crippen LogP contribution is 2.61. The van der Waals surface area contributed by atoms with Gasteiger partial charge in [-0.05, 0) is 126 Å². The summed E-state index contributed by atoms with van der Waals surface area (Å²) in [6.07, 6.45) is 15.4.